The van der Waals surface area contributed by atoms with Gasteiger partial charge in [-0.15, -0.1) is 0 Å². The standard InChI is InChI=1S/C17H23BrFN7O5S/c1-10(2)25-32(29,30)26-6-5-17(27,9-26)8-20-15-14(23-31-24-15)16(22-28)21-11-3-4-13(19)12(18)7-11/h3-4,7,10,25,27-28H,5-6,8-9H2,1-2H3,(H,20,24)(H,21,22)/t17-/m1/s1. The number of nitrogens with one attached hydrogen (secondary N) is 3. The average Bonchev–Trinajstić information content (AvgIpc) is 3.34. The number of hydrogen-bond acceptors (Lipinski definition) is 9. The van der Waals surface area contributed by atoms with Crippen LogP contribution in [-0.2, 0) is 10.2 Å². The molecule has 2 heterocycles. The number of halogens is 2. The Morgan fingerprint density at radius 2 is 2.19 bits per heavy atom. The molecule has 1 aromatic heterocycles. The molecule has 32 heavy (non-hydrogen) atoms. The molecule has 2 aromatic rings. The summed E-state index contributed by atoms with van der Waals surface area (Å²) in [5, 5.41) is 30.6. The van der Waals surface area contributed by atoms with Crippen molar-refractivity contribution in [2.75, 3.05) is 25.0 Å². The van der Waals surface area contributed by atoms with Crippen molar-refractivity contribution < 1.29 is 27.8 Å². The number of aliphatic hydroxyl groups is 1. The number of aromatic nitrogens is 2. The lowest BCUT2D eigenvalue weighted by Gasteiger charge is -2.24. The molecule has 0 amide bonds. The Kier molecular flexibility index (Phi) is 7.46. The highest BCUT2D eigenvalue weighted by atomic mass is 79.9. The third-order valence-corrected chi connectivity index (χ3v) is 6.94. The number of aliphatic imine (C=N–C) groups is 1. The number of amidine groups is 1. The highest BCUT2D eigenvalue weighted by Gasteiger charge is 2.41. The monoisotopic (exact) mass is 535 g/mol. The molecule has 15 heteroatoms. The molecule has 1 aliphatic heterocycles. The van der Waals surface area contributed by atoms with E-state index in [-0.39, 0.29) is 53.9 Å². The highest BCUT2D eigenvalue weighted by molar-refractivity contribution is 9.10. The van der Waals surface area contributed by atoms with Gasteiger partial charge in [-0.25, -0.2) is 14.0 Å². The first-order valence-corrected chi connectivity index (χ1v) is 11.8. The van der Waals surface area contributed by atoms with Crippen LogP contribution < -0.4 is 15.5 Å². The third-order valence-electron chi connectivity index (χ3n) is 4.57. The lowest BCUT2D eigenvalue weighted by Crippen LogP contribution is -2.46. The third kappa shape index (κ3) is 5.79. The summed E-state index contributed by atoms with van der Waals surface area (Å²) in [5.74, 6) is -0.560. The van der Waals surface area contributed by atoms with Crippen LogP contribution in [0.3, 0.4) is 0 Å². The van der Waals surface area contributed by atoms with Crippen LogP contribution >= 0.6 is 15.9 Å². The van der Waals surface area contributed by atoms with Crippen LogP contribution in [0.25, 0.3) is 0 Å². The Hall–Kier alpha value is -2.17. The largest absolute Gasteiger partial charge is 0.387 e. The summed E-state index contributed by atoms with van der Waals surface area (Å²) < 4.78 is 46.6. The summed E-state index contributed by atoms with van der Waals surface area (Å²) >= 11 is 3.06. The summed E-state index contributed by atoms with van der Waals surface area (Å²) in [6.45, 7) is 3.38. The van der Waals surface area contributed by atoms with Crippen LogP contribution in [0.2, 0.25) is 0 Å². The summed E-state index contributed by atoms with van der Waals surface area (Å²) in [6.07, 6.45) is 0.197. The smallest absolute Gasteiger partial charge is 0.279 e. The second-order valence-corrected chi connectivity index (χ2v) is 10.1. The molecule has 0 bridgehead atoms. The van der Waals surface area contributed by atoms with Crippen LogP contribution in [0.1, 0.15) is 26.0 Å². The Morgan fingerprint density at radius 3 is 2.84 bits per heavy atom. The van der Waals surface area contributed by atoms with Gasteiger partial charge in [-0.05, 0) is 64.7 Å². The first-order valence-electron chi connectivity index (χ1n) is 9.53. The van der Waals surface area contributed by atoms with Gasteiger partial charge in [0.25, 0.3) is 10.2 Å². The molecule has 5 N–H and O–H groups in total. The number of hydrogen-bond donors (Lipinski definition) is 5. The zero-order valence-corrected chi connectivity index (χ0v) is 19.6. The van der Waals surface area contributed by atoms with E-state index >= 15 is 0 Å². The van der Waals surface area contributed by atoms with Gasteiger partial charge >= 0.3 is 0 Å². The average molecular weight is 536 g/mol. The number of hydroxylamine groups is 1. The molecule has 176 valence electrons. The summed E-state index contributed by atoms with van der Waals surface area (Å²) in [7, 11) is -3.71. The van der Waals surface area contributed by atoms with Crippen LogP contribution in [0.5, 0.6) is 0 Å². The normalized spacial score (nSPS) is 20.2. The predicted molar refractivity (Wildman–Crippen MR) is 116 cm³/mol. The molecule has 1 saturated heterocycles. The van der Waals surface area contributed by atoms with Crippen molar-refractivity contribution >= 4 is 43.5 Å². The molecule has 1 aliphatic rings. The van der Waals surface area contributed by atoms with Crippen molar-refractivity contribution in [3.63, 3.8) is 0 Å². The number of rotatable bonds is 8. The van der Waals surface area contributed by atoms with Gasteiger partial charge in [-0.2, -0.15) is 17.4 Å². The molecule has 1 fully saturated rings. The minimum absolute atomic E-state index is 0.000460. The summed E-state index contributed by atoms with van der Waals surface area (Å²) in [5.41, 5.74) is 0.826. The van der Waals surface area contributed by atoms with Crippen LogP contribution in [0.4, 0.5) is 15.9 Å². The lowest BCUT2D eigenvalue weighted by molar-refractivity contribution is 0.0693. The van der Waals surface area contributed by atoms with Crippen molar-refractivity contribution in [2.24, 2.45) is 4.99 Å². The molecule has 0 aliphatic carbocycles. The van der Waals surface area contributed by atoms with Crippen molar-refractivity contribution in [1.82, 2.24) is 24.8 Å². The molecule has 12 nitrogen and oxygen atoms in total. The van der Waals surface area contributed by atoms with E-state index in [0.29, 0.717) is 5.69 Å². The Morgan fingerprint density at radius 1 is 1.44 bits per heavy atom. The van der Waals surface area contributed by atoms with E-state index in [1.165, 1.54) is 22.5 Å². The van der Waals surface area contributed by atoms with E-state index in [0.717, 1.165) is 0 Å². The molecule has 0 saturated carbocycles. The second-order valence-electron chi connectivity index (χ2n) is 7.57. The van der Waals surface area contributed by atoms with E-state index in [1.54, 1.807) is 13.8 Å². The summed E-state index contributed by atoms with van der Waals surface area (Å²) in [4.78, 5) is 4.15. The fourth-order valence-electron chi connectivity index (χ4n) is 3.06. The van der Waals surface area contributed by atoms with E-state index in [2.05, 4.69) is 41.3 Å². The predicted octanol–water partition coefficient (Wildman–Crippen LogP) is 1.12. The second kappa shape index (κ2) is 9.76. The number of anilines is 1. The van der Waals surface area contributed by atoms with E-state index < -0.39 is 21.6 Å². The maximum absolute atomic E-state index is 13.4. The number of nitrogens with zero attached hydrogens (tertiary/aromatic N) is 4. The quantitative estimate of drug-likeness (QED) is 0.189. The molecule has 3 rings (SSSR count). The molecule has 1 aromatic carbocycles. The Labute approximate surface area is 192 Å². The van der Waals surface area contributed by atoms with Crippen molar-refractivity contribution in [2.45, 2.75) is 31.9 Å². The first kappa shape index (κ1) is 24.5. The van der Waals surface area contributed by atoms with Gasteiger partial charge in [0.1, 0.15) is 5.82 Å². The topological polar surface area (TPSA) is 165 Å². The minimum Gasteiger partial charge on any atom is -0.387 e. The Balaban J connectivity index is 1.72. The fraction of sp³-hybridized carbons (Fsp3) is 0.471. The van der Waals surface area contributed by atoms with Gasteiger partial charge in [-0.3, -0.25) is 10.7 Å². The van der Waals surface area contributed by atoms with Gasteiger partial charge < -0.3 is 10.4 Å². The van der Waals surface area contributed by atoms with Gasteiger partial charge in [0.2, 0.25) is 5.82 Å². The van der Waals surface area contributed by atoms with Crippen LogP contribution in [-0.4, -0.2) is 70.5 Å². The van der Waals surface area contributed by atoms with Gasteiger partial charge in [0, 0.05) is 25.7 Å². The maximum atomic E-state index is 13.4. The zero-order chi connectivity index (χ0) is 23.5. The van der Waals surface area contributed by atoms with Crippen LogP contribution in [0, 0.1) is 5.82 Å². The van der Waals surface area contributed by atoms with Crippen LogP contribution in [0.15, 0.2) is 32.3 Å². The van der Waals surface area contributed by atoms with Crippen molar-refractivity contribution in [3.05, 3.63) is 34.2 Å². The summed E-state index contributed by atoms with van der Waals surface area (Å²) in [6, 6.07) is 3.71. The SMILES string of the molecule is CC(C)NS(=O)(=O)N1CC[C@@](O)(CNc2nonc2C(=Nc2ccc(F)c(Br)c2)NO)C1. The molecular formula is C17H23BrFN7O5S. The Bertz CT molecular complexity index is 1100. The van der Waals surface area contributed by atoms with Gasteiger partial charge in [0.15, 0.2) is 11.5 Å². The molecule has 0 spiro atoms. The molecule has 0 unspecified atom stereocenters. The van der Waals surface area contributed by atoms with Crippen molar-refractivity contribution in [3.8, 4) is 0 Å². The molecule has 1 atom stereocenters. The van der Waals surface area contributed by atoms with E-state index in [9.17, 15) is 23.1 Å². The van der Waals surface area contributed by atoms with E-state index in [4.69, 9.17) is 4.63 Å². The molecule has 0 radical (unpaired) electrons. The minimum atomic E-state index is -3.71. The van der Waals surface area contributed by atoms with E-state index in [1.807, 2.05) is 5.48 Å². The zero-order valence-electron chi connectivity index (χ0n) is 17.2. The maximum Gasteiger partial charge on any atom is 0.279 e. The number of benzene rings is 1. The first-order chi connectivity index (χ1) is 15.0. The van der Waals surface area contributed by atoms with Gasteiger partial charge in [0.05, 0.1) is 15.8 Å². The fourth-order valence-corrected chi connectivity index (χ4v) is 4.92. The van der Waals surface area contributed by atoms with Crippen molar-refractivity contribution in [1.29, 1.82) is 0 Å². The van der Waals surface area contributed by atoms with Gasteiger partial charge in [-0.1, -0.05) is 0 Å². The number of β-amino-alcohol motifs (C(OH)–C–C–N with tert-alkyl or cyclic N) is 1. The highest BCUT2D eigenvalue weighted by Crippen LogP contribution is 2.26. The molecular weight excluding hydrogens is 513 g/mol. The lowest BCUT2D eigenvalue weighted by atomic mass is 10.0.